The van der Waals surface area contributed by atoms with Gasteiger partial charge in [-0.1, -0.05) is 13.8 Å². The van der Waals surface area contributed by atoms with E-state index in [9.17, 15) is 4.79 Å². The zero-order chi connectivity index (χ0) is 15.6. The molecule has 1 saturated carbocycles. The Bertz CT molecular complexity index is 516. The van der Waals surface area contributed by atoms with E-state index in [4.69, 9.17) is 10.5 Å². The summed E-state index contributed by atoms with van der Waals surface area (Å²) >= 11 is 0. The van der Waals surface area contributed by atoms with Gasteiger partial charge in [0.15, 0.2) is 0 Å². The number of esters is 1. The third-order valence-corrected chi connectivity index (χ3v) is 4.69. The van der Waals surface area contributed by atoms with Gasteiger partial charge in [-0.3, -0.25) is 0 Å². The van der Waals surface area contributed by atoms with Crippen LogP contribution in [0.3, 0.4) is 0 Å². The van der Waals surface area contributed by atoms with Crippen molar-refractivity contribution in [1.82, 2.24) is 0 Å². The predicted molar refractivity (Wildman–Crippen MR) is 86.6 cm³/mol. The molecule has 1 aromatic rings. The first-order valence-electron chi connectivity index (χ1n) is 7.55. The monoisotopic (exact) mass is 290 g/mol. The van der Waals surface area contributed by atoms with E-state index >= 15 is 0 Å². The summed E-state index contributed by atoms with van der Waals surface area (Å²) in [6, 6.07) is 5.81. The first-order valence-corrected chi connectivity index (χ1v) is 7.55. The van der Waals surface area contributed by atoms with Gasteiger partial charge in [0.1, 0.15) is 0 Å². The number of nitrogens with zero attached hydrogens (tertiary/aromatic N) is 1. The van der Waals surface area contributed by atoms with Crippen molar-refractivity contribution >= 4 is 17.3 Å². The molecular weight excluding hydrogens is 264 g/mol. The van der Waals surface area contributed by atoms with E-state index in [1.165, 1.54) is 20.0 Å². The minimum absolute atomic E-state index is 0.325. The largest absolute Gasteiger partial charge is 0.465 e. The van der Waals surface area contributed by atoms with Crippen molar-refractivity contribution < 1.29 is 9.53 Å². The van der Waals surface area contributed by atoms with Gasteiger partial charge in [0.05, 0.1) is 24.0 Å². The van der Waals surface area contributed by atoms with Crippen molar-refractivity contribution in [1.29, 1.82) is 0 Å². The van der Waals surface area contributed by atoms with E-state index in [-0.39, 0.29) is 5.97 Å². The van der Waals surface area contributed by atoms with Gasteiger partial charge < -0.3 is 15.4 Å². The SMILES string of the molecule is COC(=O)c1ccc(N)c(N(C)C2CCC(C)(C)CC2)c1. The number of ether oxygens (including phenoxy) is 1. The normalized spacial score (nSPS) is 18.3. The molecule has 1 aromatic carbocycles. The Morgan fingerprint density at radius 2 is 1.95 bits per heavy atom. The molecule has 0 aromatic heterocycles. The molecule has 116 valence electrons. The van der Waals surface area contributed by atoms with Crippen LogP contribution in [-0.4, -0.2) is 26.2 Å². The van der Waals surface area contributed by atoms with Gasteiger partial charge in [-0.05, 0) is 49.3 Å². The fraction of sp³-hybridized carbons (Fsp3) is 0.588. The molecule has 0 spiro atoms. The summed E-state index contributed by atoms with van der Waals surface area (Å²) in [5.41, 5.74) is 8.71. The average molecular weight is 290 g/mol. The highest BCUT2D eigenvalue weighted by atomic mass is 16.5. The second-order valence-electron chi connectivity index (χ2n) is 6.77. The lowest BCUT2D eigenvalue weighted by Crippen LogP contribution is -2.37. The van der Waals surface area contributed by atoms with E-state index in [1.54, 1.807) is 12.1 Å². The van der Waals surface area contributed by atoms with Crippen molar-refractivity contribution in [2.75, 3.05) is 24.8 Å². The van der Waals surface area contributed by atoms with Crippen molar-refractivity contribution in [3.8, 4) is 0 Å². The van der Waals surface area contributed by atoms with Crippen molar-refractivity contribution in [2.24, 2.45) is 5.41 Å². The molecule has 0 bridgehead atoms. The Kier molecular flexibility index (Phi) is 4.45. The maximum absolute atomic E-state index is 11.7. The summed E-state index contributed by atoms with van der Waals surface area (Å²) in [7, 11) is 3.46. The second-order valence-corrected chi connectivity index (χ2v) is 6.77. The van der Waals surface area contributed by atoms with Crippen LogP contribution < -0.4 is 10.6 Å². The molecule has 1 aliphatic carbocycles. The van der Waals surface area contributed by atoms with Crippen molar-refractivity contribution in [2.45, 2.75) is 45.6 Å². The lowest BCUT2D eigenvalue weighted by Gasteiger charge is -2.40. The van der Waals surface area contributed by atoms with Gasteiger partial charge in [0.25, 0.3) is 0 Å². The maximum atomic E-state index is 11.7. The van der Waals surface area contributed by atoms with E-state index in [1.807, 2.05) is 6.07 Å². The van der Waals surface area contributed by atoms with E-state index in [0.717, 1.165) is 18.5 Å². The van der Waals surface area contributed by atoms with Crippen LogP contribution in [0.2, 0.25) is 0 Å². The molecule has 0 radical (unpaired) electrons. The molecule has 0 saturated heterocycles. The fourth-order valence-electron chi connectivity index (χ4n) is 3.06. The molecule has 1 fully saturated rings. The number of hydrogen-bond donors (Lipinski definition) is 1. The number of carbonyl (C=O) groups excluding carboxylic acids is 1. The molecule has 0 unspecified atom stereocenters. The van der Waals surface area contributed by atoms with E-state index in [2.05, 4.69) is 25.8 Å². The quantitative estimate of drug-likeness (QED) is 0.684. The van der Waals surface area contributed by atoms with Crippen LogP contribution >= 0.6 is 0 Å². The summed E-state index contributed by atoms with van der Waals surface area (Å²) < 4.78 is 4.79. The number of benzene rings is 1. The van der Waals surface area contributed by atoms with Gasteiger partial charge in [-0.15, -0.1) is 0 Å². The Morgan fingerprint density at radius 1 is 1.33 bits per heavy atom. The van der Waals surface area contributed by atoms with Gasteiger partial charge in [0.2, 0.25) is 0 Å². The average Bonchev–Trinajstić information content (AvgIpc) is 2.46. The summed E-state index contributed by atoms with van der Waals surface area (Å²) in [5.74, 6) is -0.325. The Labute approximate surface area is 127 Å². The lowest BCUT2D eigenvalue weighted by atomic mass is 9.75. The molecule has 2 rings (SSSR count). The number of hydrogen-bond acceptors (Lipinski definition) is 4. The highest BCUT2D eigenvalue weighted by Gasteiger charge is 2.29. The second kappa shape index (κ2) is 5.96. The molecule has 4 nitrogen and oxygen atoms in total. The fourth-order valence-corrected chi connectivity index (χ4v) is 3.06. The number of rotatable bonds is 3. The van der Waals surface area contributed by atoms with Crippen LogP contribution in [0.4, 0.5) is 11.4 Å². The first-order chi connectivity index (χ1) is 9.84. The Hall–Kier alpha value is -1.71. The molecular formula is C17H26N2O2. The smallest absolute Gasteiger partial charge is 0.337 e. The lowest BCUT2D eigenvalue weighted by molar-refractivity contribution is 0.0601. The first kappa shape index (κ1) is 15.7. The van der Waals surface area contributed by atoms with E-state index < -0.39 is 0 Å². The summed E-state index contributed by atoms with van der Waals surface area (Å²) in [5, 5.41) is 0. The van der Waals surface area contributed by atoms with Gasteiger partial charge in [0, 0.05) is 13.1 Å². The van der Waals surface area contributed by atoms with Crippen molar-refractivity contribution in [3.63, 3.8) is 0 Å². The summed E-state index contributed by atoms with van der Waals surface area (Å²) in [6.07, 6.45) is 4.76. The van der Waals surface area contributed by atoms with E-state index in [0.29, 0.717) is 22.7 Å². The number of carbonyl (C=O) groups is 1. The molecule has 1 aliphatic rings. The number of anilines is 2. The predicted octanol–water partition coefficient (Wildman–Crippen LogP) is 3.46. The number of nitrogen functional groups attached to an aromatic ring is 1. The molecule has 21 heavy (non-hydrogen) atoms. The van der Waals surface area contributed by atoms with Crippen LogP contribution in [0.15, 0.2) is 18.2 Å². The Balaban J connectivity index is 2.19. The zero-order valence-electron chi connectivity index (χ0n) is 13.5. The zero-order valence-corrected chi connectivity index (χ0v) is 13.5. The molecule has 0 heterocycles. The van der Waals surface area contributed by atoms with Crippen molar-refractivity contribution in [3.05, 3.63) is 23.8 Å². The highest BCUT2D eigenvalue weighted by Crippen LogP contribution is 2.38. The third-order valence-electron chi connectivity index (χ3n) is 4.69. The maximum Gasteiger partial charge on any atom is 0.337 e. The standard InChI is InChI=1S/C17H26N2O2/c1-17(2)9-7-13(8-10-17)19(3)15-11-12(16(20)21-4)5-6-14(15)18/h5-6,11,13H,7-10,18H2,1-4H3. The van der Waals surface area contributed by atoms with Crippen LogP contribution in [0.1, 0.15) is 49.9 Å². The van der Waals surface area contributed by atoms with Gasteiger partial charge in [-0.25, -0.2) is 4.79 Å². The third kappa shape index (κ3) is 3.49. The molecule has 0 amide bonds. The van der Waals surface area contributed by atoms with Gasteiger partial charge in [-0.2, -0.15) is 0 Å². The number of methoxy groups -OCH3 is 1. The summed E-state index contributed by atoms with van der Waals surface area (Å²) in [6.45, 7) is 4.66. The topological polar surface area (TPSA) is 55.6 Å². The highest BCUT2D eigenvalue weighted by molar-refractivity contribution is 5.92. The minimum Gasteiger partial charge on any atom is -0.465 e. The van der Waals surface area contributed by atoms with Crippen LogP contribution in [-0.2, 0) is 4.74 Å². The van der Waals surface area contributed by atoms with Crippen LogP contribution in [0.25, 0.3) is 0 Å². The van der Waals surface area contributed by atoms with Crippen LogP contribution in [0.5, 0.6) is 0 Å². The molecule has 0 atom stereocenters. The summed E-state index contributed by atoms with van der Waals surface area (Å²) in [4.78, 5) is 13.9. The molecule has 2 N–H and O–H groups in total. The number of nitrogens with two attached hydrogens (primary N) is 1. The van der Waals surface area contributed by atoms with Gasteiger partial charge >= 0.3 is 5.97 Å². The Morgan fingerprint density at radius 3 is 2.52 bits per heavy atom. The molecule has 4 heteroatoms. The molecule has 0 aliphatic heterocycles. The van der Waals surface area contributed by atoms with Crippen LogP contribution in [0, 0.1) is 5.41 Å². The minimum atomic E-state index is -0.325.